The number of rotatable bonds is 6. The molecule has 4 heteroatoms. The Hall–Kier alpha value is -1.00. The van der Waals surface area contributed by atoms with E-state index in [1.54, 1.807) is 7.11 Å². The molecule has 0 spiro atoms. The minimum Gasteiger partial charge on any atom is -0.371 e. The molecule has 0 fully saturated rings. The standard InChI is InChI=1S/C14H25N3O/c1-6-14(4,18-5)13-16-10(2)12(8-7-9-15)11(3)17-13/h6-9,15H2,1-5H3. The number of methoxy groups -OCH3 is 1. The third kappa shape index (κ3) is 3.06. The molecule has 0 amide bonds. The predicted molar refractivity (Wildman–Crippen MR) is 73.5 cm³/mol. The molecule has 1 aromatic heterocycles. The highest BCUT2D eigenvalue weighted by atomic mass is 16.5. The second-order valence-corrected chi connectivity index (χ2v) is 4.88. The summed E-state index contributed by atoms with van der Waals surface area (Å²) in [5, 5.41) is 0. The topological polar surface area (TPSA) is 61.0 Å². The van der Waals surface area contributed by atoms with E-state index in [-0.39, 0.29) is 0 Å². The van der Waals surface area contributed by atoms with E-state index in [2.05, 4.69) is 16.9 Å². The van der Waals surface area contributed by atoms with E-state index >= 15 is 0 Å². The summed E-state index contributed by atoms with van der Waals surface area (Å²) in [5.74, 6) is 0.777. The van der Waals surface area contributed by atoms with Gasteiger partial charge in [-0.1, -0.05) is 6.92 Å². The Morgan fingerprint density at radius 1 is 1.22 bits per heavy atom. The Kier molecular flexibility index (Phi) is 5.23. The molecule has 102 valence electrons. The van der Waals surface area contributed by atoms with Crippen LogP contribution < -0.4 is 5.73 Å². The molecule has 2 N–H and O–H groups in total. The van der Waals surface area contributed by atoms with Crippen molar-refractivity contribution in [1.29, 1.82) is 0 Å². The fourth-order valence-corrected chi connectivity index (χ4v) is 2.01. The van der Waals surface area contributed by atoms with Crippen molar-refractivity contribution in [3.8, 4) is 0 Å². The largest absolute Gasteiger partial charge is 0.371 e. The van der Waals surface area contributed by atoms with Gasteiger partial charge < -0.3 is 10.5 Å². The maximum Gasteiger partial charge on any atom is 0.160 e. The zero-order chi connectivity index (χ0) is 13.8. The third-order valence-electron chi connectivity index (χ3n) is 3.65. The summed E-state index contributed by atoms with van der Waals surface area (Å²) in [6.07, 6.45) is 2.77. The van der Waals surface area contributed by atoms with Gasteiger partial charge in [0.25, 0.3) is 0 Å². The van der Waals surface area contributed by atoms with E-state index in [0.717, 1.165) is 36.5 Å². The van der Waals surface area contributed by atoms with Crippen LogP contribution in [0.15, 0.2) is 0 Å². The molecule has 1 unspecified atom stereocenters. The van der Waals surface area contributed by atoms with Gasteiger partial charge in [0.05, 0.1) is 0 Å². The highest BCUT2D eigenvalue weighted by Gasteiger charge is 2.28. The molecule has 1 aromatic rings. The summed E-state index contributed by atoms with van der Waals surface area (Å²) in [6, 6.07) is 0. The van der Waals surface area contributed by atoms with E-state index in [0.29, 0.717) is 6.54 Å². The maximum atomic E-state index is 5.56. The molecule has 1 atom stereocenters. The molecule has 1 rings (SSSR count). The molecule has 0 bridgehead atoms. The molecular weight excluding hydrogens is 226 g/mol. The lowest BCUT2D eigenvalue weighted by Crippen LogP contribution is -2.27. The first-order valence-corrected chi connectivity index (χ1v) is 6.58. The first-order chi connectivity index (χ1) is 8.48. The van der Waals surface area contributed by atoms with Gasteiger partial charge in [0.15, 0.2) is 5.82 Å². The van der Waals surface area contributed by atoms with Gasteiger partial charge in [0.1, 0.15) is 5.60 Å². The zero-order valence-corrected chi connectivity index (χ0v) is 12.2. The van der Waals surface area contributed by atoms with Gasteiger partial charge in [-0.25, -0.2) is 9.97 Å². The molecule has 18 heavy (non-hydrogen) atoms. The quantitative estimate of drug-likeness (QED) is 0.842. The molecule has 1 heterocycles. The Morgan fingerprint density at radius 2 is 1.78 bits per heavy atom. The predicted octanol–water partition coefficient (Wildman–Crippen LogP) is 2.26. The van der Waals surface area contributed by atoms with Crippen molar-refractivity contribution in [2.24, 2.45) is 5.73 Å². The number of ether oxygens (including phenoxy) is 1. The van der Waals surface area contributed by atoms with E-state index in [4.69, 9.17) is 10.5 Å². The van der Waals surface area contributed by atoms with Gasteiger partial charge in [-0.15, -0.1) is 0 Å². The van der Waals surface area contributed by atoms with E-state index in [1.807, 2.05) is 20.8 Å². The number of hydrogen-bond acceptors (Lipinski definition) is 4. The van der Waals surface area contributed by atoms with E-state index in [1.165, 1.54) is 5.56 Å². The number of nitrogens with two attached hydrogens (primary N) is 1. The van der Waals surface area contributed by atoms with Gasteiger partial charge in [-0.2, -0.15) is 0 Å². The molecule has 0 aliphatic heterocycles. The van der Waals surface area contributed by atoms with Gasteiger partial charge in [0.2, 0.25) is 0 Å². The Balaban J connectivity index is 3.13. The average Bonchev–Trinajstić information content (AvgIpc) is 2.36. The molecule has 4 nitrogen and oxygen atoms in total. The van der Waals surface area contributed by atoms with Crippen molar-refractivity contribution in [1.82, 2.24) is 9.97 Å². The van der Waals surface area contributed by atoms with Crippen LogP contribution in [0.25, 0.3) is 0 Å². The SMILES string of the molecule is CCC(C)(OC)c1nc(C)c(CCCN)c(C)n1. The van der Waals surface area contributed by atoms with Crippen LogP contribution in [0, 0.1) is 13.8 Å². The second-order valence-electron chi connectivity index (χ2n) is 4.88. The lowest BCUT2D eigenvalue weighted by molar-refractivity contribution is -0.00928. The van der Waals surface area contributed by atoms with Crippen LogP contribution >= 0.6 is 0 Å². The van der Waals surface area contributed by atoms with Crippen molar-refractivity contribution in [3.05, 3.63) is 22.8 Å². The lowest BCUT2D eigenvalue weighted by atomic mass is 10.0. The van der Waals surface area contributed by atoms with Crippen LogP contribution in [-0.2, 0) is 16.8 Å². The summed E-state index contributed by atoms with van der Waals surface area (Å²) in [6.45, 7) is 8.89. The Morgan fingerprint density at radius 3 is 2.17 bits per heavy atom. The Labute approximate surface area is 110 Å². The van der Waals surface area contributed by atoms with Crippen LogP contribution in [0.1, 0.15) is 49.5 Å². The van der Waals surface area contributed by atoms with Crippen molar-refractivity contribution < 1.29 is 4.74 Å². The van der Waals surface area contributed by atoms with Crippen LogP contribution in [0.5, 0.6) is 0 Å². The number of aryl methyl sites for hydroxylation is 2. The van der Waals surface area contributed by atoms with Gasteiger partial charge in [-0.05, 0) is 52.1 Å². The molecule has 0 radical (unpaired) electrons. The second kappa shape index (κ2) is 6.25. The fourth-order valence-electron chi connectivity index (χ4n) is 2.01. The van der Waals surface area contributed by atoms with Crippen LogP contribution in [0.3, 0.4) is 0 Å². The molecule has 0 aromatic carbocycles. The van der Waals surface area contributed by atoms with Gasteiger partial charge >= 0.3 is 0 Å². The van der Waals surface area contributed by atoms with Crippen LogP contribution in [0.4, 0.5) is 0 Å². The van der Waals surface area contributed by atoms with Gasteiger partial charge in [-0.3, -0.25) is 0 Å². The minimum absolute atomic E-state index is 0.401. The normalized spacial score (nSPS) is 14.6. The lowest BCUT2D eigenvalue weighted by Gasteiger charge is -2.26. The minimum atomic E-state index is -0.401. The summed E-state index contributed by atoms with van der Waals surface area (Å²) < 4.78 is 5.56. The zero-order valence-electron chi connectivity index (χ0n) is 12.2. The van der Waals surface area contributed by atoms with Crippen molar-refractivity contribution in [2.45, 2.75) is 52.6 Å². The van der Waals surface area contributed by atoms with Gasteiger partial charge in [0, 0.05) is 18.5 Å². The first-order valence-electron chi connectivity index (χ1n) is 6.58. The highest BCUT2D eigenvalue weighted by molar-refractivity contribution is 5.25. The third-order valence-corrected chi connectivity index (χ3v) is 3.65. The van der Waals surface area contributed by atoms with E-state index < -0.39 is 5.60 Å². The number of nitrogens with zero attached hydrogens (tertiary/aromatic N) is 2. The fraction of sp³-hybridized carbons (Fsp3) is 0.714. The molecular formula is C14H25N3O. The van der Waals surface area contributed by atoms with Crippen molar-refractivity contribution in [2.75, 3.05) is 13.7 Å². The molecule has 0 aliphatic rings. The summed E-state index contributed by atoms with van der Waals surface area (Å²) in [5.41, 5.74) is 8.47. The number of hydrogen-bond donors (Lipinski definition) is 1. The average molecular weight is 251 g/mol. The van der Waals surface area contributed by atoms with Crippen molar-refractivity contribution in [3.63, 3.8) is 0 Å². The summed E-state index contributed by atoms with van der Waals surface area (Å²) >= 11 is 0. The Bertz CT molecular complexity index is 377. The highest BCUT2D eigenvalue weighted by Crippen LogP contribution is 2.26. The van der Waals surface area contributed by atoms with Crippen molar-refractivity contribution >= 4 is 0 Å². The monoisotopic (exact) mass is 251 g/mol. The molecule has 0 saturated carbocycles. The van der Waals surface area contributed by atoms with Crippen LogP contribution in [-0.4, -0.2) is 23.6 Å². The maximum absolute atomic E-state index is 5.56. The van der Waals surface area contributed by atoms with E-state index in [9.17, 15) is 0 Å². The molecule has 0 aliphatic carbocycles. The molecule has 0 saturated heterocycles. The number of aromatic nitrogens is 2. The van der Waals surface area contributed by atoms with Crippen LogP contribution in [0.2, 0.25) is 0 Å². The first kappa shape index (κ1) is 15.1. The summed E-state index contributed by atoms with van der Waals surface area (Å²) in [4.78, 5) is 9.25. The smallest absolute Gasteiger partial charge is 0.160 e. The summed E-state index contributed by atoms with van der Waals surface area (Å²) in [7, 11) is 1.71.